The molecule has 0 fully saturated rings. The molecule has 7 nitrogen and oxygen atoms in total. The minimum Gasteiger partial charge on any atom is -0.493 e. The number of likely N-dealkylation sites (N-methyl/N-ethyl adjacent to an activating group) is 1. The molecule has 30 heavy (non-hydrogen) atoms. The van der Waals surface area contributed by atoms with Crippen molar-refractivity contribution in [2.75, 3.05) is 46.7 Å². The van der Waals surface area contributed by atoms with E-state index in [0.717, 1.165) is 12.1 Å². The molecular formula is C22H28ClN3O4. The maximum absolute atomic E-state index is 12.4. The molecule has 0 aliphatic heterocycles. The van der Waals surface area contributed by atoms with Gasteiger partial charge in [0.1, 0.15) is 0 Å². The zero-order valence-corrected chi connectivity index (χ0v) is 18.4. The van der Waals surface area contributed by atoms with Gasteiger partial charge in [-0.05, 0) is 50.0 Å². The molecule has 0 heterocycles. The summed E-state index contributed by atoms with van der Waals surface area (Å²) >= 11 is 0. The Balaban J connectivity index is 0.00000450. The largest absolute Gasteiger partial charge is 0.493 e. The lowest BCUT2D eigenvalue weighted by Gasteiger charge is -2.12. The number of rotatable bonds is 9. The van der Waals surface area contributed by atoms with Crippen molar-refractivity contribution in [1.82, 2.24) is 10.2 Å². The summed E-state index contributed by atoms with van der Waals surface area (Å²) in [5.41, 5.74) is 1.66. The zero-order valence-electron chi connectivity index (χ0n) is 17.6. The quantitative estimate of drug-likeness (QED) is 0.594. The van der Waals surface area contributed by atoms with Crippen LogP contribution in [0.2, 0.25) is 0 Å². The molecule has 2 rings (SSSR count). The lowest BCUT2D eigenvalue weighted by atomic mass is 10.1. The number of carbonyl (C=O) groups excluding carboxylic acids is 2. The summed E-state index contributed by atoms with van der Waals surface area (Å²) in [6.07, 6.45) is 3.07. The number of nitrogens with one attached hydrogen (secondary N) is 2. The Bertz CT molecular complexity index is 884. The minimum absolute atomic E-state index is 0. The van der Waals surface area contributed by atoms with Gasteiger partial charge in [-0.2, -0.15) is 0 Å². The van der Waals surface area contributed by atoms with Crippen molar-refractivity contribution in [3.63, 3.8) is 0 Å². The van der Waals surface area contributed by atoms with Crippen LogP contribution in [0.4, 0.5) is 5.69 Å². The summed E-state index contributed by atoms with van der Waals surface area (Å²) in [5.74, 6) is 0.623. The van der Waals surface area contributed by atoms with Crippen molar-refractivity contribution in [1.29, 1.82) is 0 Å². The third-order valence-corrected chi connectivity index (χ3v) is 4.11. The molecule has 0 aliphatic rings. The fourth-order valence-electron chi connectivity index (χ4n) is 2.58. The number of para-hydroxylation sites is 1. The first-order valence-corrected chi connectivity index (χ1v) is 9.17. The van der Waals surface area contributed by atoms with Crippen molar-refractivity contribution in [2.24, 2.45) is 0 Å². The standard InChI is InChI=1S/C22H27N3O4.ClH/c1-25(2)14-13-23-22(27)17-7-5-6-8-18(17)24-21(26)12-10-16-9-11-19(28-3)20(15-16)29-4;/h5-12,15H,13-14H2,1-4H3,(H,23,27)(H,24,26);1H. The predicted molar refractivity (Wildman–Crippen MR) is 122 cm³/mol. The number of hydrogen-bond donors (Lipinski definition) is 2. The Morgan fingerprint density at radius 2 is 1.73 bits per heavy atom. The van der Waals surface area contributed by atoms with E-state index in [9.17, 15) is 9.59 Å². The smallest absolute Gasteiger partial charge is 0.253 e. The fraction of sp³-hybridized carbons (Fsp3) is 0.273. The van der Waals surface area contributed by atoms with Crippen LogP contribution in [0.15, 0.2) is 48.5 Å². The van der Waals surface area contributed by atoms with E-state index < -0.39 is 0 Å². The minimum atomic E-state index is -0.340. The number of anilines is 1. The number of hydrogen-bond acceptors (Lipinski definition) is 5. The second-order valence-electron chi connectivity index (χ2n) is 6.54. The van der Waals surface area contributed by atoms with Crippen molar-refractivity contribution in [2.45, 2.75) is 0 Å². The Morgan fingerprint density at radius 1 is 1.03 bits per heavy atom. The molecule has 0 bridgehead atoms. The highest BCUT2D eigenvalue weighted by molar-refractivity contribution is 6.07. The van der Waals surface area contributed by atoms with E-state index in [1.54, 1.807) is 56.7 Å². The number of benzene rings is 2. The van der Waals surface area contributed by atoms with Crippen molar-refractivity contribution >= 4 is 36.0 Å². The highest BCUT2D eigenvalue weighted by Crippen LogP contribution is 2.28. The number of amides is 2. The molecule has 0 unspecified atom stereocenters. The monoisotopic (exact) mass is 433 g/mol. The first-order chi connectivity index (χ1) is 13.9. The van der Waals surface area contributed by atoms with Gasteiger partial charge in [-0.1, -0.05) is 18.2 Å². The lowest BCUT2D eigenvalue weighted by Crippen LogP contribution is -2.31. The number of halogens is 1. The van der Waals surface area contributed by atoms with E-state index in [1.165, 1.54) is 6.08 Å². The summed E-state index contributed by atoms with van der Waals surface area (Å²) in [5, 5.41) is 5.61. The van der Waals surface area contributed by atoms with E-state index in [-0.39, 0.29) is 24.2 Å². The van der Waals surface area contributed by atoms with E-state index >= 15 is 0 Å². The Kier molecular flexibility index (Phi) is 10.4. The van der Waals surface area contributed by atoms with Gasteiger partial charge in [0, 0.05) is 19.2 Å². The zero-order chi connectivity index (χ0) is 21.2. The van der Waals surface area contributed by atoms with Gasteiger partial charge < -0.3 is 25.0 Å². The summed E-state index contributed by atoms with van der Waals surface area (Å²) in [6.45, 7) is 1.25. The van der Waals surface area contributed by atoms with Gasteiger partial charge in [0.25, 0.3) is 5.91 Å². The molecule has 0 aliphatic carbocycles. The van der Waals surface area contributed by atoms with Crippen LogP contribution >= 0.6 is 12.4 Å². The molecule has 0 spiro atoms. The number of carbonyl (C=O) groups is 2. The fourth-order valence-corrected chi connectivity index (χ4v) is 2.58. The molecule has 8 heteroatoms. The third-order valence-electron chi connectivity index (χ3n) is 4.11. The van der Waals surface area contributed by atoms with Gasteiger partial charge >= 0.3 is 0 Å². The molecule has 0 aromatic heterocycles. The lowest BCUT2D eigenvalue weighted by molar-refractivity contribution is -0.111. The van der Waals surface area contributed by atoms with E-state index in [2.05, 4.69) is 10.6 Å². The van der Waals surface area contributed by atoms with E-state index in [0.29, 0.717) is 29.3 Å². The molecule has 0 radical (unpaired) electrons. The van der Waals surface area contributed by atoms with Crippen LogP contribution < -0.4 is 20.1 Å². The second-order valence-corrected chi connectivity index (χ2v) is 6.54. The van der Waals surface area contributed by atoms with Crippen LogP contribution in [0.1, 0.15) is 15.9 Å². The molecule has 2 amide bonds. The van der Waals surface area contributed by atoms with Gasteiger partial charge in [-0.15, -0.1) is 12.4 Å². The average molecular weight is 434 g/mol. The maximum atomic E-state index is 12.4. The average Bonchev–Trinajstić information content (AvgIpc) is 2.72. The maximum Gasteiger partial charge on any atom is 0.253 e. The Labute approximate surface area is 183 Å². The Morgan fingerprint density at radius 3 is 2.40 bits per heavy atom. The van der Waals surface area contributed by atoms with Crippen LogP contribution in [0, 0.1) is 0 Å². The van der Waals surface area contributed by atoms with Crippen LogP contribution in [0.5, 0.6) is 11.5 Å². The van der Waals surface area contributed by atoms with E-state index in [1.807, 2.05) is 25.1 Å². The van der Waals surface area contributed by atoms with Crippen LogP contribution in [0.3, 0.4) is 0 Å². The van der Waals surface area contributed by atoms with Gasteiger partial charge in [0.2, 0.25) is 5.91 Å². The van der Waals surface area contributed by atoms with Gasteiger partial charge in [-0.25, -0.2) is 0 Å². The SMILES string of the molecule is COc1ccc(C=CC(=O)Nc2ccccc2C(=O)NCCN(C)C)cc1OC.Cl. The second kappa shape index (κ2) is 12.5. The van der Waals surface area contributed by atoms with Gasteiger partial charge in [-0.3, -0.25) is 9.59 Å². The van der Waals surface area contributed by atoms with E-state index in [4.69, 9.17) is 9.47 Å². The topological polar surface area (TPSA) is 79.9 Å². The summed E-state index contributed by atoms with van der Waals surface area (Å²) in [7, 11) is 6.99. The molecule has 2 aromatic carbocycles. The molecule has 0 saturated carbocycles. The molecule has 2 N–H and O–H groups in total. The third kappa shape index (κ3) is 7.42. The number of nitrogens with zero attached hydrogens (tertiary/aromatic N) is 1. The van der Waals surface area contributed by atoms with Gasteiger partial charge in [0.05, 0.1) is 25.5 Å². The van der Waals surface area contributed by atoms with Crippen molar-refractivity contribution in [3.05, 3.63) is 59.7 Å². The van der Waals surface area contributed by atoms with Crippen molar-refractivity contribution in [3.8, 4) is 11.5 Å². The highest BCUT2D eigenvalue weighted by Gasteiger charge is 2.12. The Hall–Kier alpha value is -3.03. The summed E-state index contributed by atoms with van der Waals surface area (Å²) in [4.78, 5) is 26.7. The molecule has 0 atom stereocenters. The predicted octanol–water partition coefficient (Wildman–Crippen LogP) is 3.07. The first kappa shape index (κ1) is 25.0. The molecule has 0 saturated heterocycles. The van der Waals surface area contributed by atoms with Crippen LogP contribution in [0.25, 0.3) is 6.08 Å². The molecule has 2 aromatic rings. The number of ether oxygens (including phenoxy) is 2. The number of methoxy groups -OCH3 is 2. The molecular weight excluding hydrogens is 406 g/mol. The van der Waals surface area contributed by atoms with Gasteiger partial charge in [0.15, 0.2) is 11.5 Å². The van der Waals surface area contributed by atoms with Crippen LogP contribution in [-0.2, 0) is 4.79 Å². The molecule has 162 valence electrons. The van der Waals surface area contributed by atoms with Crippen LogP contribution in [-0.4, -0.2) is 58.1 Å². The summed E-state index contributed by atoms with van der Waals surface area (Å²) in [6, 6.07) is 12.3. The first-order valence-electron chi connectivity index (χ1n) is 9.17. The highest BCUT2D eigenvalue weighted by atomic mass is 35.5. The summed E-state index contributed by atoms with van der Waals surface area (Å²) < 4.78 is 10.5. The van der Waals surface area contributed by atoms with Crippen molar-refractivity contribution < 1.29 is 19.1 Å². The normalized spacial score (nSPS) is 10.4.